The Morgan fingerprint density at radius 1 is 1.26 bits per heavy atom. The van der Waals surface area contributed by atoms with Gasteiger partial charge >= 0.3 is 0 Å². The summed E-state index contributed by atoms with van der Waals surface area (Å²) in [6.07, 6.45) is 2.88. The number of halogens is 3. The lowest BCUT2D eigenvalue weighted by Gasteiger charge is -2.43. The van der Waals surface area contributed by atoms with E-state index in [4.69, 9.17) is 4.74 Å². The highest BCUT2D eigenvalue weighted by atomic mass is 19.2. The average Bonchev–Trinajstić information content (AvgIpc) is 2.54. The average molecular weight is 325 g/mol. The van der Waals surface area contributed by atoms with E-state index in [0.29, 0.717) is 18.6 Å². The number of benzene rings is 1. The summed E-state index contributed by atoms with van der Waals surface area (Å²) >= 11 is 0. The molecule has 2 aliphatic heterocycles. The minimum Gasteiger partial charge on any atom is -0.473 e. The van der Waals surface area contributed by atoms with Crippen molar-refractivity contribution in [2.75, 3.05) is 20.3 Å². The number of aliphatic imine (C=N–C) groups is 1. The van der Waals surface area contributed by atoms with E-state index in [0.717, 1.165) is 30.9 Å². The summed E-state index contributed by atoms with van der Waals surface area (Å²) in [5.74, 6) is -2.49. The second-order valence-electron chi connectivity index (χ2n) is 5.81. The molecular weight excluding hydrogens is 307 g/mol. The molecule has 1 atom stereocenters. The quantitative estimate of drug-likeness (QED) is 0.783. The molecule has 0 spiro atoms. The second kappa shape index (κ2) is 6.14. The Bertz CT molecular complexity index is 652. The second-order valence-corrected chi connectivity index (χ2v) is 5.81. The predicted molar refractivity (Wildman–Crippen MR) is 80.0 cm³/mol. The Kier molecular flexibility index (Phi) is 4.19. The van der Waals surface area contributed by atoms with Gasteiger partial charge in [0.05, 0.1) is 0 Å². The van der Waals surface area contributed by atoms with Gasteiger partial charge in [-0.3, -0.25) is 0 Å². The molecule has 3 rings (SSSR count). The van der Waals surface area contributed by atoms with Gasteiger partial charge in [-0.15, -0.1) is 0 Å². The van der Waals surface area contributed by atoms with E-state index >= 15 is 0 Å². The van der Waals surface area contributed by atoms with E-state index in [1.807, 2.05) is 13.1 Å². The van der Waals surface area contributed by atoms with Crippen molar-refractivity contribution < 1.29 is 17.9 Å². The maximum absolute atomic E-state index is 13.2. The number of rotatable bonds is 2. The maximum atomic E-state index is 13.2. The molecule has 0 N–H and O–H groups in total. The fraction of sp³-hybridized carbons (Fsp3) is 0.438. The van der Waals surface area contributed by atoms with Crippen molar-refractivity contribution in [3.05, 3.63) is 47.0 Å². The molecule has 0 radical (unpaired) electrons. The Balaban J connectivity index is 1.70. The van der Waals surface area contributed by atoms with Crippen LogP contribution in [0.25, 0.3) is 0 Å². The molecule has 0 bridgehead atoms. The van der Waals surface area contributed by atoms with Gasteiger partial charge in [0.15, 0.2) is 17.5 Å². The zero-order valence-electron chi connectivity index (χ0n) is 13.0. The molecule has 1 aromatic carbocycles. The summed E-state index contributed by atoms with van der Waals surface area (Å²) < 4.78 is 44.8. The first-order chi connectivity index (χ1) is 11.0. The van der Waals surface area contributed by atoms with Gasteiger partial charge in [0.2, 0.25) is 5.90 Å². The van der Waals surface area contributed by atoms with E-state index in [9.17, 15) is 13.2 Å². The molecular formula is C16H18F3N3O. The first-order valence-corrected chi connectivity index (χ1v) is 7.46. The lowest BCUT2D eigenvalue weighted by atomic mass is 10.1. The molecule has 0 amide bonds. The summed E-state index contributed by atoms with van der Waals surface area (Å²) in [6.45, 7) is 3.50. The lowest BCUT2D eigenvalue weighted by Crippen LogP contribution is -2.47. The summed E-state index contributed by atoms with van der Waals surface area (Å²) in [5, 5.41) is 0. The first-order valence-electron chi connectivity index (χ1n) is 7.46. The molecule has 2 aliphatic rings. The van der Waals surface area contributed by atoms with E-state index in [1.165, 1.54) is 0 Å². The highest BCUT2D eigenvalue weighted by molar-refractivity contribution is 5.88. The van der Waals surface area contributed by atoms with Gasteiger partial charge < -0.3 is 14.5 Å². The molecule has 1 saturated heterocycles. The minimum absolute atomic E-state index is 0.0734. The summed E-state index contributed by atoms with van der Waals surface area (Å²) in [5.41, 5.74) is 0.218. The van der Waals surface area contributed by atoms with E-state index < -0.39 is 17.5 Å². The van der Waals surface area contributed by atoms with Crippen LogP contribution in [-0.4, -0.2) is 42.0 Å². The standard InChI is InChI=1S/C16H18F3N3O/c1-10-3-4-22-9-20-14(7-15(22)21(10)2)23-8-11-5-12(17)16(19)13(18)6-11/h5-7,10H,3-4,8-9H2,1-2H3/t10-/m0/s1. The van der Waals surface area contributed by atoms with Crippen molar-refractivity contribution in [3.8, 4) is 0 Å². The number of hydrogen-bond donors (Lipinski definition) is 0. The molecule has 1 fully saturated rings. The predicted octanol–water partition coefficient (Wildman–Crippen LogP) is 2.86. The third-order valence-corrected chi connectivity index (χ3v) is 4.24. The summed E-state index contributed by atoms with van der Waals surface area (Å²) in [7, 11) is 2.01. The largest absolute Gasteiger partial charge is 0.473 e. The molecule has 1 aromatic rings. The Morgan fingerprint density at radius 2 is 1.96 bits per heavy atom. The topological polar surface area (TPSA) is 28.1 Å². The number of nitrogens with zero attached hydrogens (tertiary/aromatic N) is 3. The smallest absolute Gasteiger partial charge is 0.214 e. The zero-order valence-corrected chi connectivity index (χ0v) is 13.0. The van der Waals surface area contributed by atoms with E-state index in [-0.39, 0.29) is 12.2 Å². The Hall–Kier alpha value is -2.18. The van der Waals surface area contributed by atoms with Crippen LogP contribution >= 0.6 is 0 Å². The fourth-order valence-electron chi connectivity index (χ4n) is 2.68. The number of ether oxygens (including phenoxy) is 1. The van der Waals surface area contributed by atoms with E-state index in [2.05, 4.69) is 21.7 Å². The van der Waals surface area contributed by atoms with Crippen molar-refractivity contribution in [1.29, 1.82) is 0 Å². The van der Waals surface area contributed by atoms with Crippen molar-refractivity contribution in [2.24, 2.45) is 4.99 Å². The lowest BCUT2D eigenvalue weighted by molar-refractivity contribution is 0.133. The molecule has 0 unspecified atom stereocenters. The molecule has 2 heterocycles. The monoisotopic (exact) mass is 325 g/mol. The van der Waals surface area contributed by atoms with Gasteiger partial charge in [0.25, 0.3) is 0 Å². The highest BCUT2D eigenvalue weighted by Crippen LogP contribution is 2.24. The highest BCUT2D eigenvalue weighted by Gasteiger charge is 2.27. The normalized spacial score (nSPS) is 20.8. The number of hydrogen-bond acceptors (Lipinski definition) is 4. The SMILES string of the molecule is C[C@H]1CCN2CN=C(OCc3cc(F)c(F)c(F)c3)C=C2N1C. The number of fused-ring (bicyclic) bond motifs is 1. The maximum Gasteiger partial charge on any atom is 0.214 e. The van der Waals surface area contributed by atoms with Gasteiger partial charge in [0, 0.05) is 25.7 Å². The van der Waals surface area contributed by atoms with Crippen molar-refractivity contribution in [2.45, 2.75) is 26.0 Å². The van der Waals surface area contributed by atoms with Crippen LogP contribution in [0, 0.1) is 17.5 Å². The molecule has 0 aliphatic carbocycles. The van der Waals surface area contributed by atoms with Crippen LogP contribution in [0.4, 0.5) is 13.2 Å². The van der Waals surface area contributed by atoms with Gasteiger partial charge in [-0.2, -0.15) is 0 Å². The molecule has 0 aromatic heterocycles. The van der Waals surface area contributed by atoms with Crippen molar-refractivity contribution in [1.82, 2.24) is 9.80 Å². The van der Waals surface area contributed by atoms with Crippen LogP contribution in [0.15, 0.2) is 29.0 Å². The van der Waals surface area contributed by atoms with Crippen LogP contribution in [0.2, 0.25) is 0 Å². The minimum atomic E-state index is -1.47. The Labute approximate surface area is 132 Å². The van der Waals surface area contributed by atoms with Crippen molar-refractivity contribution >= 4 is 5.90 Å². The van der Waals surface area contributed by atoms with Crippen LogP contribution in [0.3, 0.4) is 0 Å². The molecule has 23 heavy (non-hydrogen) atoms. The first kappa shape index (κ1) is 15.7. The van der Waals surface area contributed by atoms with Crippen LogP contribution in [-0.2, 0) is 11.3 Å². The zero-order chi connectivity index (χ0) is 16.6. The molecule has 4 nitrogen and oxygen atoms in total. The van der Waals surface area contributed by atoms with Gasteiger partial charge in [-0.25, -0.2) is 18.2 Å². The third kappa shape index (κ3) is 3.13. The Morgan fingerprint density at radius 3 is 2.65 bits per heavy atom. The van der Waals surface area contributed by atoms with Gasteiger partial charge in [-0.05, 0) is 31.0 Å². The third-order valence-electron chi connectivity index (χ3n) is 4.24. The van der Waals surface area contributed by atoms with Crippen LogP contribution in [0.5, 0.6) is 0 Å². The summed E-state index contributed by atoms with van der Waals surface area (Å²) in [4.78, 5) is 8.60. The molecule has 0 saturated carbocycles. The fourth-order valence-corrected chi connectivity index (χ4v) is 2.68. The van der Waals surface area contributed by atoms with Crippen LogP contribution < -0.4 is 0 Å². The van der Waals surface area contributed by atoms with E-state index in [1.54, 1.807) is 0 Å². The summed E-state index contributed by atoms with van der Waals surface area (Å²) in [6, 6.07) is 2.28. The van der Waals surface area contributed by atoms with Crippen molar-refractivity contribution in [3.63, 3.8) is 0 Å². The molecule has 7 heteroatoms. The van der Waals surface area contributed by atoms with Gasteiger partial charge in [-0.1, -0.05) is 0 Å². The van der Waals surface area contributed by atoms with Gasteiger partial charge in [0.1, 0.15) is 19.1 Å². The molecule has 124 valence electrons. The van der Waals surface area contributed by atoms with Crippen LogP contribution in [0.1, 0.15) is 18.9 Å².